The summed E-state index contributed by atoms with van der Waals surface area (Å²) in [7, 11) is -2.31. The van der Waals surface area contributed by atoms with Crippen molar-refractivity contribution in [3.8, 4) is 0 Å². The highest BCUT2D eigenvalue weighted by Crippen LogP contribution is 2.36. The van der Waals surface area contributed by atoms with E-state index in [0.29, 0.717) is 12.1 Å². The van der Waals surface area contributed by atoms with E-state index in [0.717, 1.165) is 18.4 Å². The molecule has 2 aromatic carbocycles. The number of sulfonamides is 1. The number of ether oxygens (including phenoxy) is 1. The second kappa shape index (κ2) is 6.75. The Hall–Kier alpha value is -2.18. The van der Waals surface area contributed by atoms with Gasteiger partial charge in [-0.2, -0.15) is 4.31 Å². The van der Waals surface area contributed by atoms with Gasteiger partial charge in [0.25, 0.3) is 0 Å². The molecule has 0 bridgehead atoms. The van der Waals surface area contributed by atoms with Gasteiger partial charge in [-0.1, -0.05) is 30.3 Å². The van der Waals surface area contributed by atoms with Crippen molar-refractivity contribution in [2.45, 2.75) is 23.8 Å². The lowest BCUT2D eigenvalue weighted by Gasteiger charge is -2.24. The summed E-state index contributed by atoms with van der Waals surface area (Å²) < 4.78 is 32.1. The van der Waals surface area contributed by atoms with Gasteiger partial charge < -0.3 is 4.74 Å². The largest absolute Gasteiger partial charge is 0.465 e. The van der Waals surface area contributed by atoms with Crippen LogP contribution in [0.5, 0.6) is 0 Å². The normalized spacial score (nSPS) is 18.5. The quantitative estimate of drug-likeness (QED) is 0.799. The molecule has 0 aliphatic carbocycles. The average molecular weight is 345 g/mol. The highest BCUT2D eigenvalue weighted by Gasteiger charge is 2.36. The lowest BCUT2D eigenvalue weighted by Crippen LogP contribution is -2.30. The molecule has 2 aromatic rings. The number of hydrogen-bond acceptors (Lipinski definition) is 4. The second-order valence-corrected chi connectivity index (χ2v) is 7.59. The molecule has 1 heterocycles. The highest BCUT2D eigenvalue weighted by molar-refractivity contribution is 7.89. The summed E-state index contributed by atoms with van der Waals surface area (Å²) in [5.74, 6) is -0.484. The van der Waals surface area contributed by atoms with Crippen LogP contribution in [0.25, 0.3) is 0 Å². The molecule has 0 spiro atoms. The first-order valence-electron chi connectivity index (χ1n) is 7.79. The minimum Gasteiger partial charge on any atom is -0.465 e. The Kier molecular flexibility index (Phi) is 4.69. The topological polar surface area (TPSA) is 63.7 Å². The zero-order valence-corrected chi connectivity index (χ0v) is 14.2. The van der Waals surface area contributed by atoms with Gasteiger partial charge in [-0.15, -0.1) is 0 Å². The molecule has 0 N–H and O–H groups in total. The molecule has 1 saturated heterocycles. The monoisotopic (exact) mass is 345 g/mol. The van der Waals surface area contributed by atoms with Crippen LogP contribution in [-0.2, 0) is 14.8 Å². The van der Waals surface area contributed by atoms with Crippen molar-refractivity contribution >= 4 is 16.0 Å². The Morgan fingerprint density at radius 1 is 1.08 bits per heavy atom. The second-order valence-electron chi connectivity index (χ2n) is 5.70. The number of methoxy groups -OCH3 is 1. The van der Waals surface area contributed by atoms with Gasteiger partial charge in [0.1, 0.15) is 0 Å². The SMILES string of the molecule is COC(=O)c1ccc(S(=O)(=O)N2CCCC2c2ccccc2)cc1. The van der Waals surface area contributed by atoms with E-state index >= 15 is 0 Å². The van der Waals surface area contributed by atoms with Gasteiger partial charge in [-0.25, -0.2) is 13.2 Å². The van der Waals surface area contributed by atoms with Crippen molar-refractivity contribution in [1.82, 2.24) is 4.31 Å². The Labute approximate surface area is 141 Å². The van der Waals surface area contributed by atoms with Crippen LogP contribution in [0, 0.1) is 0 Å². The Balaban J connectivity index is 1.91. The van der Waals surface area contributed by atoms with E-state index in [1.54, 1.807) is 4.31 Å². The molecule has 0 aromatic heterocycles. The standard InChI is InChI=1S/C18H19NO4S/c1-23-18(20)15-9-11-16(12-10-15)24(21,22)19-13-5-8-17(19)14-6-3-2-4-7-14/h2-4,6-7,9-12,17H,5,8,13H2,1H3. The third kappa shape index (κ3) is 3.07. The zero-order chi connectivity index (χ0) is 17.2. The Morgan fingerprint density at radius 2 is 1.75 bits per heavy atom. The summed E-state index contributed by atoms with van der Waals surface area (Å²) in [5.41, 5.74) is 1.34. The van der Waals surface area contributed by atoms with Gasteiger partial charge in [-0.05, 0) is 42.7 Å². The number of carbonyl (C=O) groups is 1. The number of rotatable bonds is 4. The molecule has 1 aliphatic heterocycles. The van der Waals surface area contributed by atoms with Gasteiger partial charge in [0.05, 0.1) is 23.6 Å². The maximum absolute atomic E-state index is 13.0. The first-order valence-corrected chi connectivity index (χ1v) is 9.23. The molecule has 1 aliphatic rings. The smallest absolute Gasteiger partial charge is 0.337 e. The first kappa shape index (κ1) is 16.7. The third-order valence-corrected chi connectivity index (χ3v) is 6.19. The minimum absolute atomic E-state index is 0.142. The van der Waals surface area contributed by atoms with E-state index in [-0.39, 0.29) is 10.9 Å². The number of nitrogens with zero attached hydrogens (tertiary/aromatic N) is 1. The maximum atomic E-state index is 13.0. The molecule has 6 heteroatoms. The Bertz CT molecular complexity index is 816. The molecule has 126 valence electrons. The predicted molar refractivity (Wildman–Crippen MR) is 90.1 cm³/mol. The van der Waals surface area contributed by atoms with Crippen LogP contribution in [0.2, 0.25) is 0 Å². The van der Waals surface area contributed by atoms with Crippen molar-refractivity contribution in [2.75, 3.05) is 13.7 Å². The van der Waals surface area contributed by atoms with Gasteiger partial charge in [0.15, 0.2) is 0 Å². The summed E-state index contributed by atoms with van der Waals surface area (Å²) in [6, 6.07) is 15.4. The van der Waals surface area contributed by atoms with Crippen molar-refractivity contribution in [1.29, 1.82) is 0 Å². The number of benzene rings is 2. The van der Waals surface area contributed by atoms with Crippen LogP contribution >= 0.6 is 0 Å². The fourth-order valence-corrected chi connectivity index (χ4v) is 4.73. The molecule has 0 saturated carbocycles. The van der Waals surface area contributed by atoms with E-state index in [1.807, 2.05) is 30.3 Å². The Morgan fingerprint density at radius 3 is 2.38 bits per heavy atom. The lowest BCUT2D eigenvalue weighted by molar-refractivity contribution is 0.0600. The molecule has 3 rings (SSSR count). The van der Waals surface area contributed by atoms with E-state index in [2.05, 4.69) is 4.74 Å². The van der Waals surface area contributed by atoms with Crippen LogP contribution < -0.4 is 0 Å². The molecular formula is C18H19NO4S. The highest BCUT2D eigenvalue weighted by atomic mass is 32.2. The lowest BCUT2D eigenvalue weighted by atomic mass is 10.1. The van der Waals surface area contributed by atoms with Crippen molar-refractivity contribution in [3.63, 3.8) is 0 Å². The molecule has 0 radical (unpaired) electrons. The van der Waals surface area contributed by atoms with Gasteiger partial charge in [-0.3, -0.25) is 0 Å². The van der Waals surface area contributed by atoms with E-state index < -0.39 is 16.0 Å². The van der Waals surface area contributed by atoms with E-state index in [4.69, 9.17) is 0 Å². The number of carbonyl (C=O) groups excluding carboxylic acids is 1. The molecule has 1 fully saturated rings. The predicted octanol–water partition coefficient (Wildman–Crippen LogP) is 3.00. The van der Waals surface area contributed by atoms with Crippen molar-refractivity contribution < 1.29 is 17.9 Å². The van der Waals surface area contributed by atoms with Gasteiger partial charge in [0, 0.05) is 6.54 Å². The zero-order valence-electron chi connectivity index (χ0n) is 13.4. The summed E-state index contributed by atoms with van der Waals surface area (Å²) in [6.07, 6.45) is 1.64. The summed E-state index contributed by atoms with van der Waals surface area (Å²) in [5, 5.41) is 0. The molecule has 0 amide bonds. The molecule has 1 atom stereocenters. The van der Waals surface area contributed by atoms with Crippen LogP contribution in [0.15, 0.2) is 59.5 Å². The fourth-order valence-electron chi connectivity index (χ4n) is 3.05. The fraction of sp³-hybridized carbons (Fsp3) is 0.278. The van der Waals surface area contributed by atoms with Gasteiger partial charge >= 0.3 is 5.97 Å². The van der Waals surface area contributed by atoms with E-state index in [9.17, 15) is 13.2 Å². The van der Waals surface area contributed by atoms with Crippen molar-refractivity contribution in [2.24, 2.45) is 0 Å². The number of esters is 1. The van der Waals surface area contributed by atoms with Crippen LogP contribution in [-0.4, -0.2) is 32.3 Å². The van der Waals surface area contributed by atoms with Crippen molar-refractivity contribution in [3.05, 3.63) is 65.7 Å². The summed E-state index contributed by atoms with van der Waals surface area (Å²) in [4.78, 5) is 11.7. The minimum atomic E-state index is -3.60. The maximum Gasteiger partial charge on any atom is 0.337 e. The molecule has 24 heavy (non-hydrogen) atoms. The molecule has 1 unspecified atom stereocenters. The first-order chi connectivity index (χ1) is 11.5. The third-order valence-electron chi connectivity index (χ3n) is 4.27. The summed E-state index contributed by atoms with van der Waals surface area (Å²) >= 11 is 0. The number of hydrogen-bond donors (Lipinski definition) is 0. The molecular weight excluding hydrogens is 326 g/mol. The summed E-state index contributed by atoms with van der Waals surface area (Å²) in [6.45, 7) is 0.501. The van der Waals surface area contributed by atoms with Crippen LogP contribution in [0.4, 0.5) is 0 Å². The average Bonchev–Trinajstić information content (AvgIpc) is 3.12. The van der Waals surface area contributed by atoms with E-state index in [1.165, 1.54) is 31.4 Å². The van der Waals surface area contributed by atoms with Crippen LogP contribution in [0.3, 0.4) is 0 Å². The van der Waals surface area contributed by atoms with Gasteiger partial charge in [0.2, 0.25) is 10.0 Å². The molecule has 5 nitrogen and oxygen atoms in total. The van der Waals surface area contributed by atoms with Crippen LogP contribution in [0.1, 0.15) is 34.8 Å².